The molecule has 19 heavy (non-hydrogen) atoms. The topological polar surface area (TPSA) is 59.4 Å². The van der Waals surface area contributed by atoms with E-state index in [1.54, 1.807) is 18.4 Å². The van der Waals surface area contributed by atoms with Crippen molar-refractivity contribution in [3.63, 3.8) is 0 Å². The molecule has 3 rings (SSSR count). The van der Waals surface area contributed by atoms with Crippen LogP contribution < -0.4 is 4.74 Å². The Morgan fingerprint density at radius 2 is 2.32 bits per heavy atom. The summed E-state index contributed by atoms with van der Waals surface area (Å²) in [4.78, 5) is 15.6. The standard InChI is InChI=1S/C14H15NO3S/c1-18-10-4-5-11-12(7-10)19-13(15-11)8-2-3-9(6-8)14(16)17/h4-5,7-9H,2-3,6H2,1H3,(H,16,17). The Morgan fingerprint density at radius 1 is 1.47 bits per heavy atom. The molecule has 1 N–H and O–H groups in total. The van der Waals surface area contributed by atoms with E-state index >= 15 is 0 Å². The van der Waals surface area contributed by atoms with Crippen LogP contribution in [0.5, 0.6) is 5.75 Å². The van der Waals surface area contributed by atoms with Gasteiger partial charge >= 0.3 is 5.97 Å². The Bertz CT molecular complexity index is 622. The Morgan fingerprint density at radius 3 is 3.00 bits per heavy atom. The van der Waals surface area contributed by atoms with Gasteiger partial charge in [0.05, 0.1) is 28.3 Å². The van der Waals surface area contributed by atoms with Crippen LogP contribution in [0.25, 0.3) is 10.2 Å². The Kier molecular flexibility index (Phi) is 3.14. The third-order valence-corrected chi connectivity index (χ3v) is 4.92. The molecule has 1 saturated carbocycles. The van der Waals surface area contributed by atoms with E-state index in [9.17, 15) is 4.79 Å². The number of benzene rings is 1. The molecule has 2 unspecified atom stereocenters. The van der Waals surface area contributed by atoms with Crippen molar-refractivity contribution >= 4 is 27.5 Å². The van der Waals surface area contributed by atoms with Crippen LogP contribution in [0.15, 0.2) is 18.2 Å². The van der Waals surface area contributed by atoms with Crippen molar-refractivity contribution < 1.29 is 14.6 Å². The number of hydrogen-bond donors (Lipinski definition) is 1. The van der Waals surface area contributed by atoms with E-state index in [0.717, 1.165) is 33.8 Å². The second kappa shape index (κ2) is 4.81. The molecule has 0 spiro atoms. The molecule has 1 fully saturated rings. The van der Waals surface area contributed by atoms with Gasteiger partial charge in [0, 0.05) is 5.92 Å². The van der Waals surface area contributed by atoms with Gasteiger partial charge in [0.1, 0.15) is 5.75 Å². The molecule has 2 aromatic rings. The molecule has 1 aromatic heterocycles. The van der Waals surface area contributed by atoms with Crippen LogP contribution in [0.3, 0.4) is 0 Å². The number of aromatic nitrogens is 1. The van der Waals surface area contributed by atoms with Gasteiger partial charge in [-0.3, -0.25) is 4.79 Å². The number of nitrogens with zero attached hydrogens (tertiary/aromatic N) is 1. The molecule has 0 amide bonds. The van der Waals surface area contributed by atoms with Gasteiger partial charge in [0.15, 0.2) is 0 Å². The summed E-state index contributed by atoms with van der Waals surface area (Å²) in [6.45, 7) is 0. The van der Waals surface area contributed by atoms with Gasteiger partial charge in [0.25, 0.3) is 0 Å². The molecule has 100 valence electrons. The van der Waals surface area contributed by atoms with E-state index in [0.29, 0.717) is 12.3 Å². The van der Waals surface area contributed by atoms with E-state index in [2.05, 4.69) is 4.98 Å². The zero-order chi connectivity index (χ0) is 13.4. The van der Waals surface area contributed by atoms with Gasteiger partial charge in [0.2, 0.25) is 0 Å². The number of fused-ring (bicyclic) bond motifs is 1. The van der Waals surface area contributed by atoms with Gasteiger partial charge in [-0.25, -0.2) is 4.98 Å². The van der Waals surface area contributed by atoms with Crippen molar-refractivity contribution in [3.8, 4) is 5.75 Å². The van der Waals surface area contributed by atoms with Crippen molar-refractivity contribution in [2.24, 2.45) is 5.92 Å². The van der Waals surface area contributed by atoms with Crippen molar-refractivity contribution in [1.29, 1.82) is 0 Å². The maximum absolute atomic E-state index is 11.0. The number of rotatable bonds is 3. The lowest BCUT2D eigenvalue weighted by Gasteiger charge is -2.04. The molecule has 0 radical (unpaired) electrons. The molecule has 5 heteroatoms. The highest BCUT2D eigenvalue weighted by atomic mass is 32.1. The van der Waals surface area contributed by atoms with Gasteiger partial charge in [-0.2, -0.15) is 0 Å². The number of carboxylic acid groups (broad SMARTS) is 1. The molecule has 0 saturated heterocycles. The Balaban J connectivity index is 1.88. The zero-order valence-electron chi connectivity index (χ0n) is 10.6. The van der Waals surface area contributed by atoms with Gasteiger partial charge in [-0.1, -0.05) is 0 Å². The predicted molar refractivity (Wildman–Crippen MR) is 73.9 cm³/mol. The number of ether oxygens (including phenoxy) is 1. The van der Waals surface area contributed by atoms with Crippen LogP contribution >= 0.6 is 11.3 Å². The van der Waals surface area contributed by atoms with Crippen LogP contribution in [-0.2, 0) is 4.79 Å². The van der Waals surface area contributed by atoms with Gasteiger partial charge in [-0.15, -0.1) is 11.3 Å². The number of hydrogen-bond acceptors (Lipinski definition) is 4. The van der Waals surface area contributed by atoms with Crippen molar-refractivity contribution in [2.45, 2.75) is 25.2 Å². The molecule has 1 heterocycles. The predicted octanol–water partition coefficient (Wildman–Crippen LogP) is 3.27. The summed E-state index contributed by atoms with van der Waals surface area (Å²) in [5.41, 5.74) is 0.972. The molecule has 0 bridgehead atoms. The molecule has 1 aromatic carbocycles. The van der Waals surface area contributed by atoms with Gasteiger partial charge in [-0.05, 0) is 37.5 Å². The lowest BCUT2D eigenvalue weighted by Crippen LogP contribution is -2.09. The minimum Gasteiger partial charge on any atom is -0.497 e. The van der Waals surface area contributed by atoms with Crippen LogP contribution in [0, 0.1) is 5.92 Å². The SMILES string of the molecule is COc1ccc2nc(C3CCC(C(=O)O)C3)sc2c1. The third-order valence-electron chi connectivity index (χ3n) is 3.74. The molecule has 0 aliphatic heterocycles. The number of methoxy groups -OCH3 is 1. The minimum absolute atomic E-state index is 0.202. The lowest BCUT2D eigenvalue weighted by atomic mass is 10.1. The largest absolute Gasteiger partial charge is 0.497 e. The summed E-state index contributed by atoms with van der Waals surface area (Å²) in [5, 5.41) is 10.1. The summed E-state index contributed by atoms with van der Waals surface area (Å²) in [7, 11) is 1.65. The number of carboxylic acids is 1. The van der Waals surface area contributed by atoms with Gasteiger partial charge < -0.3 is 9.84 Å². The van der Waals surface area contributed by atoms with Crippen molar-refractivity contribution in [3.05, 3.63) is 23.2 Å². The van der Waals surface area contributed by atoms with Crippen molar-refractivity contribution in [1.82, 2.24) is 4.98 Å². The maximum atomic E-state index is 11.0. The van der Waals surface area contributed by atoms with Crippen LogP contribution in [0.2, 0.25) is 0 Å². The number of carbonyl (C=O) groups is 1. The molecular weight excluding hydrogens is 262 g/mol. The first-order chi connectivity index (χ1) is 9.17. The highest BCUT2D eigenvalue weighted by molar-refractivity contribution is 7.18. The maximum Gasteiger partial charge on any atom is 0.306 e. The molecule has 1 aliphatic carbocycles. The first-order valence-electron chi connectivity index (χ1n) is 6.34. The summed E-state index contributed by atoms with van der Waals surface area (Å²) in [5.74, 6) is 0.249. The van der Waals surface area contributed by atoms with E-state index in [1.807, 2.05) is 18.2 Å². The van der Waals surface area contributed by atoms with E-state index in [1.165, 1.54) is 0 Å². The second-order valence-electron chi connectivity index (χ2n) is 4.93. The van der Waals surface area contributed by atoms with E-state index < -0.39 is 5.97 Å². The Labute approximate surface area is 115 Å². The number of thiazole rings is 1. The van der Waals surface area contributed by atoms with Crippen LogP contribution in [0.1, 0.15) is 30.2 Å². The normalized spacial score (nSPS) is 22.8. The average Bonchev–Trinajstić information content (AvgIpc) is 3.04. The highest BCUT2D eigenvalue weighted by Gasteiger charge is 2.32. The third kappa shape index (κ3) is 2.30. The van der Waals surface area contributed by atoms with Crippen LogP contribution in [0.4, 0.5) is 0 Å². The summed E-state index contributed by atoms with van der Waals surface area (Å²) in [6, 6.07) is 5.85. The molecule has 2 atom stereocenters. The lowest BCUT2D eigenvalue weighted by molar-refractivity contribution is -0.141. The monoisotopic (exact) mass is 277 g/mol. The van der Waals surface area contributed by atoms with Crippen LogP contribution in [-0.4, -0.2) is 23.2 Å². The Hall–Kier alpha value is -1.62. The minimum atomic E-state index is -0.676. The molecular formula is C14H15NO3S. The summed E-state index contributed by atoms with van der Waals surface area (Å²) >= 11 is 1.65. The first-order valence-corrected chi connectivity index (χ1v) is 7.16. The quantitative estimate of drug-likeness (QED) is 0.935. The first kappa shape index (κ1) is 12.4. The summed E-state index contributed by atoms with van der Waals surface area (Å²) in [6.07, 6.45) is 2.40. The summed E-state index contributed by atoms with van der Waals surface area (Å²) < 4.78 is 6.31. The fraction of sp³-hybridized carbons (Fsp3) is 0.429. The average molecular weight is 277 g/mol. The van der Waals surface area contributed by atoms with Crippen molar-refractivity contribution in [2.75, 3.05) is 7.11 Å². The molecule has 1 aliphatic rings. The molecule has 4 nitrogen and oxygen atoms in total. The van der Waals surface area contributed by atoms with E-state index in [4.69, 9.17) is 9.84 Å². The smallest absolute Gasteiger partial charge is 0.306 e. The second-order valence-corrected chi connectivity index (χ2v) is 5.99. The fourth-order valence-electron chi connectivity index (χ4n) is 2.65. The fourth-order valence-corrected chi connectivity index (χ4v) is 3.80. The zero-order valence-corrected chi connectivity index (χ0v) is 11.4. The van der Waals surface area contributed by atoms with E-state index in [-0.39, 0.29) is 5.92 Å². The number of aliphatic carboxylic acids is 1. The highest BCUT2D eigenvalue weighted by Crippen LogP contribution is 2.41.